The SMILES string of the molecule is CN1CC(C(=O)NCc2csc(N3CCCC3)n2)Oc2ccccc21. The molecule has 4 rings (SSSR count). The van der Waals surface area contributed by atoms with Gasteiger partial charge < -0.3 is 19.9 Å². The molecule has 3 heterocycles. The number of para-hydroxylation sites is 2. The maximum Gasteiger partial charge on any atom is 0.263 e. The first-order chi connectivity index (χ1) is 12.2. The van der Waals surface area contributed by atoms with E-state index in [4.69, 9.17) is 4.74 Å². The van der Waals surface area contributed by atoms with Crippen molar-refractivity contribution in [1.82, 2.24) is 10.3 Å². The zero-order chi connectivity index (χ0) is 17.2. The molecule has 25 heavy (non-hydrogen) atoms. The summed E-state index contributed by atoms with van der Waals surface area (Å²) in [6.07, 6.45) is 1.97. The lowest BCUT2D eigenvalue weighted by atomic mass is 10.2. The Morgan fingerprint density at radius 3 is 3.00 bits per heavy atom. The van der Waals surface area contributed by atoms with Crippen molar-refractivity contribution in [3.05, 3.63) is 35.3 Å². The molecule has 1 unspecified atom stereocenters. The maximum absolute atomic E-state index is 12.5. The van der Waals surface area contributed by atoms with E-state index in [9.17, 15) is 4.79 Å². The number of carbonyl (C=O) groups is 1. The summed E-state index contributed by atoms with van der Waals surface area (Å²) in [6, 6.07) is 7.79. The number of thiazole rings is 1. The highest BCUT2D eigenvalue weighted by Gasteiger charge is 2.28. The van der Waals surface area contributed by atoms with Crippen LogP contribution in [0.2, 0.25) is 0 Å². The lowest BCUT2D eigenvalue weighted by molar-refractivity contribution is -0.128. The van der Waals surface area contributed by atoms with E-state index in [2.05, 4.69) is 20.1 Å². The van der Waals surface area contributed by atoms with Crippen LogP contribution in [0.25, 0.3) is 0 Å². The predicted octanol–water partition coefficient (Wildman–Crippen LogP) is 2.26. The first-order valence-corrected chi connectivity index (χ1v) is 9.52. The second-order valence-corrected chi connectivity index (χ2v) is 7.32. The fraction of sp³-hybridized carbons (Fsp3) is 0.444. The summed E-state index contributed by atoms with van der Waals surface area (Å²) in [4.78, 5) is 21.5. The van der Waals surface area contributed by atoms with Gasteiger partial charge in [0.05, 0.1) is 24.5 Å². The van der Waals surface area contributed by atoms with Crippen molar-refractivity contribution in [3.8, 4) is 5.75 Å². The topological polar surface area (TPSA) is 57.7 Å². The van der Waals surface area contributed by atoms with Crippen LogP contribution >= 0.6 is 11.3 Å². The Morgan fingerprint density at radius 2 is 2.16 bits per heavy atom. The van der Waals surface area contributed by atoms with Crippen LogP contribution in [0.3, 0.4) is 0 Å². The zero-order valence-electron chi connectivity index (χ0n) is 14.3. The second kappa shape index (κ2) is 6.92. The van der Waals surface area contributed by atoms with Gasteiger partial charge in [-0.05, 0) is 25.0 Å². The Morgan fingerprint density at radius 1 is 1.36 bits per heavy atom. The molecular weight excluding hydrogens is 336 g/mol. The van der Waals surface area contributed by atoms with Crippen LogP contribution in [0.1, 0.15) is 18.5 Å². The fourth-order valence-corrected chi connectivity index (χ4v) is 4.15. The molecule has 0 radical (unpaired) electrons. The first-order valence-electron chi connectivity index (χ1n) is 8.64. The van der Waals surface area contributed by atoms with E-state index in [0.29, 0.717) is 13.1 Å². The number of hydrogen-bond donors (Lipinski definition) is 1. The third-order valence-corrected chi connectivity index (χ3v) is 5.59. The standard InChI is InChI=1S/C18H22N4O2S/c1-21-11-16(24-15-7-3-2-6-14(15)21)17(23)19-10-13-12-25-18(20-13)22-8-4-5-9-22/h2-3,6-7,12,16H,4-5,8-11H2,1H3,(H,19,23). The van der Waals surface area contributed by atoms with Crippen molar-refractivity contribution in [2.45, 2.75) is 25.5 Å². The van der Waals surface area contributed by atoms with Crippen LogP contribution in [0.15, 0.2) is 29.6 Å². The quantitative estimate of drug-likeness (QED) is 0.909. The Balaban J connectivity index is 1.35. The van der Waals surface area contributed by atoms with Crippen molar-refractivity contribution in [2.24, 2.45) is 0 Å². The van der Waals surface area contributed by atoms with Crippen LogP contribution in [0.5, 0.6) is 5.75 Å². The highest BCUT2D eigenvalue weighted by Crippen LogP contribution is 2.32. The van der Waals surface area contributed by atoms with Gasteiger partial charge in [0.1, 0.15) is 5.75 Å². The number of fused-ring (bicyclic) bond motifs is 1. The largest absolute Gasteiger partial charge is 0.477 e. The molecule has 1 amide bonds. The normalized spacial score (nSPS) is 19.5. The first kappa shape index (κ1) is 16.2. The molecule has 2 aliphatic heterocycles. The fourth-order valence-electron chi connectivity index (χ4n) is 3.27. The number of benzene rings is 1. The number of nitrogens with one attached hydrogen (secondary N) is 1. The summed E-state index contributed by atoms with van der Waals surface area (Å²) in [5.41, 5.74) is 1.92. The molecule has 1 N–H and O–H groups in total. The Hall–Kier alpha value is -2.28. The number of amides is 1. The Kier molecular flexibility index (Phi) is 4.48. The summed E-state index contributed by atoms with van der Waals surface area (Å²) in [5, 5.41) is 6.04. The summed E-state index contributed by atoms with van der Waals surface area (Å²) >= 11 is 1.65. The third kappa shape index (κ3) is 3.42. The third-order valence-electron chi connectivity index (χ3n) is 4.64. The average molecular weight is 358 g/mol. The molecule has 132 valence electrons. The van der Waals surface area contributed by atoms with Gasteiger partial charge in [0.2, 0.25) is 0 Å². The molecule has 1 aromatic carbocycles. The smallest absolute Gasteiger partial charge is 0.263 e. The molecule has 0 spiro atoms. The minimum Gasteiger partial charge on any atom is -0.477 e. The van der Waals surface area contributed by atoms with Gasteiger partial charge in [-0.2, -0.15) is 0 Å². The van der Waals surface area contributed by atoms with Gasteiger partial charge in [-0.15, -0.1) is 11.3 Å². The number of rotatable bonds is 4. The van der Waals surface area contributed by atoms with E-state index >= 15 is 0 Å². The summed E-state index contributed by atoms with van der Waals surface area (Å²) in [7, 11) is 1.98. The molecule has 0 saturated carbocycles. The van der Waals surface area contributed by atoms with Gasteiger partial charge in [-0.1, -0.05) is 12.1 Å². The molecule has 1 atom stereocenters. The van der Waals surface area contributed by atoms with Crippen LogP contribution in [0.4, 0.5) is 10.8 Å². The zero-order valence-corrected chi connectivity index (χ0v) is 15.1. The van der Waals surface area contributed by atoms with E-state index in [1.807, 2.05) is 36.7 Å². The van der Waals surface area contributed by atoms with E-state index in [-0.39, 0.29) is 5.91 Å². The second-order valence-electron chi connectivity index (χ2n) is 6.49. The Bertz CT molecular complexity index is 757. The van der Waals surface area contributed by atoms with Crippen molar-refractivity contribution < 1.29 is 9.53 Å². The number of hydrogen-bond acceptors (Lipinski definition) is 6. The van der Waals surface area contributed by atoms with Crippen LogP contribution in [0, 0.1) is 0 Å². The molecule has 2 aromatic rings. The van der Waals surface area contributed by atoms with Gasteiger partial charge in [0.15, 0.2) is 11.2 Å². The number of likely N-dealkylation sites (N-methyl/N-ethyl adjacent to an activating group) is 1. The molecule has 2 aliphatic rings. The number of carbonyl (C=O) groups excluding carboxylic acids is 1. The van der Waals surface area contributed by atoms with Crippen LogP contribution in [-0.4, -0.2) is 43.7 Å². The minimum atomic E-state index is -0.503. The molecule has 0 aliphatic carbocycles. The minimum absolute atomic E-state index is 0.0999. The van der Waals surface area contributed by atoms with Crippen molar-refractivity contribution >= 4 is 28.1 Å². The van der Waals surface area contributed by atoms with Crippen LogP contribution in [-0.2, 0) is 11.3 Å². The van der Waals surface area contributed by atoms with E-state index in [0.717, 1.165) is 35.4 Å². The molecule has 1 aromatic heterocycles. The number of aromatic nitrogens is 1. The van der Waals surface area contributed by atoms with Gasteiger partial charge in [-0.3, -0.25) is 4.79 Å². The van der Waals surface area contributed by atoms with Crippen molar-refractivity contribution in [1.29, 1.82) is 0 Å². The Labute approximate surface area is 151 Å². The van der Waals surface area contributed by atoms with E-state index < -0.39 is 6.10 Å². The monoisotopic (exact) mass is 358 g/mol. The summed E-state index contributed by atoms with van der Waals surface area (Å²) < 4.78 is 5.86. The molecule has 0 bridgehead atoms. The molecule has 1 saturated heterocycles. The van der Waals surface area contributed by atoms with Crippen molar-refractivity contribution in [3.63, 3.8) is 0 Å². The summed E-state index contributed by atoms with van der Waals surface area (Å²) in [5.74, 6) is 0.651. The lowest BCUT2D eigenvalue weighted by Gasteiger charge is -2.32. The van der Waals surface area contributed by atoms with E-state index in [1.54, 1.807) is 11.3 Å². The maximum atomic E-state index is 12.5. The number of anilines is 2. The van der Waals surface area contributed by atoms with Gasteiger partial charge >= 0.3 is 0 Å². The van der Waals surface area contributed by atoms with Crippen molar-refractivity contribution in [2.75, 3.05) is 36.5 Å². The molecule has 1 fully saturated rings. The molecular formula is C18H22N4O2S. The highest BCUT2D eigenvalue weighted by atomic mass is 32.1. The van der Waals surface area contributed by atoms with Gasteiger partial charge in [0.25, 0.3) is 5.91 Å². The molecule has 6 nitrogen and oxygen atoms in total. The lowest BCUT2D eigenvalue weighted by Crippen LogP contribution is -2.47. The highest BCUT2D eigenvalue weighted by molar-refractivity contribution is 7.13. The van der Waals surface area contributed by atoms with Gasteiger partial charge in [-0.25, -0.2) is 4.98 Å². The summed E-state index contributed by atoms with van der Waals surface area (Å²) in [6.45, 7) is 3.15. The van der Waals surface area contributed by atoms with Gasteiger partial charge in [0, 0.05) is 25.5 Å². The predicted molar refractivity (Wildman–Crippen MR) is 99.5 cm³/mol. The van der Waals surface area contributed by atoms with Crippen LogP contribution < -0.4 is 19.9 Å². The average Bonchev–Trinajstić information content (AvgIpc) is 3.31. The molecule has 7 heteroatoms. The number of ether oxygens (including phenoxy) is 1. The number of nitrogens with zero attached hydrogens (tertiary/aromatic N) is 3. The van der Waals surface area contributed by atoms with E-state index in [1.165, 1.54) is 12.8 Å².